The lowest BCUT2D eigenvalue weighted by Gasteiger charge is -2.37. The number of rotatable bonds is 3. The van der Waals surface area contributed by atoms with Crippen molar-refractivity contribution in [1.82, 2.24) is 9.29 Å². The average molecular weight is 398 g/mol. The monoisotopic (exact) mass is 397 g/mol. The summed E-state index contributed by atoms with van der Waals surface area (Å²) in [5.74, 6) is 0.905. The summed E-state index contributed by atoms with van der Waals surface area (Å²) in [5.41, 5.74) is 0.940. The number of halogens is 1. The molecule has 3 rings (SSSR count). The van der Waals surface area contributed by atoms with Crippen molar-refractivity contribution in [1.29, 1.82) is 0 Å². The third-order valence-corrected chi connectivity index (χ3v) is 6.23. The summed E-state index contributed by atoms with van der Waals surface area (Å²) in [6, 6.07) is 10.1. The van der Waals surface area contributed by atoms with E-state index in [4.69, 9.17) is 4.98 Å². The van der Waals surface area contributed by atoms with E-state index in [0.717, 1.165) is 40.6 Å². The Morgan fingerprint density at radius 2 is 2.04 bits per heavy atom. The van der Waals surface area contributed by atoms with Crippen molar-refractivity contribution in [3.8, 4) is 0 Å². The van der Waals surface area contributed by atoms with Crippen molar-refractivity contribution in [2.45, 2.75) is 18.9 Å². The number of hydrogen-bond acceptors (Lipinski definition) is 4. The molecule has 1 atom stereocenters. The van der Waals surface area contributed by atoms with Crippen molar-refractivity contribution >= 4 is 42.7 Å². The first-order chi connectivity index (χ1) is 10.8. The number of likely N-dealkylation sites (N-methyl/N-ethyl adjacent to an activating group) is 1. The van der Waals surface area contributed by atoms with E-state index in [2.05, 4.69) is 26.9 Å². The molecule has 1 saturated heterocycles. The number of piperidine rings is 1. The van der Waals surface area contributed by atoms with Crippen LogP contribution in [0.5, 0.6) is 0 Å². The predicted octanol–water partition coefficient (Wildman–Crippen LogP) is 2.86. The molecule has 1 fully saturated rings. The molecule has 23 heavy (non-hydrogen) atoms. The summed E-state index contributed by atoms with van der Waals surface area (Å²) in [5, 5.41) is 1.10. The third kappa shape index (κ3) is 3.67. The second kappa shape index (κ2) is 6.37. The van der Waals surface area contributed by atoms with Crippen LogP contribution < -0.4 is 4.90 Å². The summed E-state index contributed by atoms with van der Waals surface area (Å²) >= 11 is 3.48. The minimum Gasteiger partial charge on any atom is -0.355 e. The van der Waals surface area contributed by atoms with E-state index in [0.29, 0.717) is 6.54 Å². The van der Waals surface area contributed by atoms with Gasteiger partial charge in [-0.25, -0.2) is 17.7 Å². The number of sulfonamides is 1. The van der Waals surface area contributed by atoms with Gasteiger partial charge in [0.1, 0.15) is 5.82 Å². The molecule has 1 aliphatic rings. The normalized spacial score (nSPS) is 19.5. The molecule has 2 aromatic rings. The van der Waals surface area contributed by atoms with Gasteiger partial charge in [-0.1, -0.05) is 22.0 Å². The number of pyridine rings is 1. The molecule has 5 nitrogen and oxygen atoms in total. The molecule has 0 spiro atoms. The highest BCUT2D eigenvalue weighted by atomic mass is 79.9. The van der Waals surface area contributed by atoms with Gasteiger partial charge in [-0.2, -0.15) is 0 Å². The molecule has 1 aliphatic heterocycles. The second-order valence-electron chi connectivity index (χ2n) is 6.03. The fourth-order valence-corrected chi connectivity index (χ4v) is 4.05. The Balaban J connectivity index is 1.86. The predicted molar refractivity (Wildman–Crippen MR) is 97.3 cm³/mol. The Bertz CT molecular complexity index is 825. The van der Waals surface area contributed by atoms with Gasteiger partial charge in [0.25, 0.3) is 0 Å². The van der Waals surface area contributed by atoms with Gasteiger partial charge in [-0.3, -0.25) is 0 Å². The van der Waals surface area contributed by atoms with Crippen LogP contribution in [-0.4, -0.2) is 50.1 Å². The summed E-state index contributed by atoms with van der Waals surface area (Å²) in [4.78, 5) is 6.92. The van der Waals surface area contributed by atoms with Gasteiger partial charge in [0.2, 0.25) is 10.0 Å². The van der Waals surface area contributed by atoms with Crippen molar-refractivity contribution in [2.24, 2.45) is 0 Å². The highest BCUT2D eigenvalue weighted by molar-refractivity contribution is 9.10. The van der Waals surface area contributed by atoms with Crippen molar-refractivity contribution < 1.29 is 8.42 Å². The number of anilines is 1. The third-order valence-electron chi connectivity index (χ3n) is 4.40. The number of hydrogen-bond donors (Lipinski definition) is 0. The average Bonchev–Trinajstić information content (AvgIpc) is 2.52. The van der Waals surface area contributed by atoms with E-state index in [1.54, 1.807) is 7.05 Å². The van der Waals surface area contributed by atoms with Gasteiger partial charge < -0.3 is 4.90 Å². The molecule has 1 aromatic carbocycles. The first-order valence-electron chi connectivity index (χ1n) is 7.59. The Labute approximate surface area is 145 Å². The molecule has 1 aromatic heterocycles. The molecule has 1 unspecified atom stereocenters. The van der Waals surface area contributed by atoms with Gasteiger partial charge in [-0.05, 0) is 37.1 Å². The van der Waals surface area contributed by atoms with Crippen LogP contribution in [0.1, 0.15) is 12.8 Å². The maximum Gasteiger partial charge on any atom is 0.211 e. The van der Waals surface area contributed by atoms with Gasteiger partial charge >= 0.3 is 0 Å². The summed E-state index contributed by atoms with van der Waals surface area (Å²) < 4.78 is 26.0. The van der Waals surface area contributed by atoms with Crippen molar-refractivity contribution in [3.05, 3.63) is 34.8 Å². The Hall–Kier alpha value is -1.18. The van der Waals surface area contributed by atoms with Gasteiger partial charge in [0.05, 0.1) is 11.8 Å². The quantitative estimate of drug-likeness (QED) is 0.798. The summed E-state index contributed by atoms with van der Waals surface area (Å²) in [6.45, 7) is 1.58. The molecular weight excluding hydrogens is 378 g/mol. The lowest BCUT2D eigenvalue weighted by Crippen LogP contribution is -2.48. The van der Waals surface area contributed by atoms with Gasteiger partial charge in [0, 0.05) is 36.0 Å². The van der Waals surface area contributed by atoms with Crippen LogP contribution in [0.15, 0.2) is 34.8 Å². The number of nitrogens with zero attached hydrogens (tertiary/aromatic N) is 3. The van der Waals surface area contributed by atoms with Crippen LogP contribution in [0.2, 0.25) is 0 Å². The molecule has 0 amide bonds. The highest BCUT2D eigenvalue weighted by Crippen LogP contribution is 2.25. The highest BCUT2D eigenvalue weighted by Gasteiger charge is 2.28. The van der Waals surface area contributed by atoms with Crippen LogP contribution >= 0.6 is 15.9 Å². The van der Waals surface area contributed by atoms with E-state index in [1.165, 1.54) is 10.6 Å². The smallest absolute Gasteiger partial charge is 0.211 e. The summed E-state index contributed by atoms with van der Waals surface area (Å²) in [6.07, 6.45) is 3.11. The lowest BCUT2D eigenvalue weighted by molar-refractivity contribution is 0.321. The first kappa shape index (κ1) is 16.7. The lowest BCUT2D eigenvalue weighted by atomic mass is 10.1. The molecule has 124 valence electrons. The van der Waals surface area contributed by atoms with Crippen LogP contribution in [-0.2, 0) is 10.0 Å². The maximum absolute atomic E-state index is 11.8. The molecule has 0 radical (unpaired) electrons. The minimum absolute atomic E-state index is 0.00115. The zero-order valence-corrected chi connectivity index (χ0v) is 15.6. The number of fused-ring (bicyclic) bond motifs is 1. The molecule has 7 heteroatoms. The number of aromatic nitrogens is 1. The Morgan fingerprint density at radius 3 is 2.78 bits per heavy atom. The Kier molecular flexibility index (Phi) is 4.62. The molecule has 0 aliphatic carbocycles. The topological polar surface area (TPSA) is 53.5 Å². The van der Waals surface area contributed by atoms with E-state index >= 15 is 0 Å². The summed E-state index contributed by atoms with van der Waals surface area (Å²) in [7, 11) is -1.51. The van der Waals surface area contributed by atoms with E-state index < -0.39 is 10.0 Å². The first-order valence-corrected chi connectivity index (χ1v) is 10.2. The maximum atomic E-state index is 11.8. The van der Waals surface area contributed by atoms with Crippen LogP contribution in [0.3, 0.4) is 0 Å². The number of benzene rings is 1. The van der Waals surface area contributed by atoms with Crippen LogP contribution in [0.4, 0.5) is 5.82 Å². The molecule has 2 heterocycles. The molecule has 0 saturated carbocycles. The fraction of sp³-hybridized carbons (Fsp3) is 0.438. The van der Waals surface area contributed by atoms with E-state index in [1.807, 2.05) is 24.3 Å². The fourth-order valence-electron chi connectivity index (χ4n) is 2.99. The van der Waals surface area contributed by atoms with Crippen molar-refractivity contribution in [3.63, 3.8) is 0 Å². The van der Waals surface area contributed by atoms with Gasteiger partial charge in [-0.15, -0.1) is 0 Å². The molecular formula is C16H20BrN3O2S. The largest absolute Gasteiger partial charge is 0.355 e. The standard InChI is InChI=1S/C16H20BrN3O2S/c1-19(23(2,21)22)14-4-3-9-20(11-14)16-8-6-12-5-7-13(17)10-15(12)18-16/h5-8,10,14H,3-4,9,11H2,1-2H3. The van der Waals surface area contributed by atoms with Crippen LogP contribution in [0.25, 0.3) is 10.9 Å². The zero-order chi connectivity index (χ0) is 16.6. The minimum atomic E-state index is -3.17. The van der Waals surface area contributed by atoms with Crippen LogP contribution in [0, 0.1) is 0 Å². The van der Waals surface area contributed by atoms with Crippen molar-refractivity contribution in [2.75, 3.05) is 31.3 Å². The zero-order valence-electron chi connectivity index (χ0n) is 13.2. The second-order valence-corrected chi connectivity index (χ2v) is 8.99. The Morgan fingerprint density at radius 1 is 1.30 bits per heavy atom. The van der Waals surface area contributed by atoms with E-state index in [9.17, 15) is 8.42 Å². The van der Waals surface area contributed by atoms with E-state index in [-0.39, 0.29) is 6.04 Å². The molecule has 0 N–H and O–H groups in total. The SMILES string of the molecule is CN(C1CCCN(c2ccc3ccc(Br)cc3n2)C1)S(C)(=O)=O. The molecule has 0 bridgehead atoms. The van der Waals surface area contributed by atoms with Gasteiger partial charge in [0.15, 0.2) is 0 Å².